The highest BCUT2D eigenvalue weighted by Gasteiger charge is 2.30. The van der Waals surface area contributed by atoms with Crippen LogP contribution in [0.1, 0.15) is 35.2 Å². The highest BCUT2D eigenvalue weighted by atomic mass is 35.5. The Hall–Kier alpha value is -3.31. The second-order valence-corrected chi connectivity index (χ2v) is 8.83. The van der Waals surface area contributed by atoms with Crippen molar-refractivity contribution in [3.05, 3.63) is 70.3 Å². The molecule has 4 rings (SSSR count). The minimum atomic E-state index is -0.559. The van der Waals surface area contributed by atoms with E-state index >= 15 is 0 Å². The number of aliphatic imine (C=N–C) groups is 1. The average molecular weight is 527 g/mol. The first-order valence-corrected chi connectivity index (χ1v) is 12.5. The van der Waals surface area contributed by atoms with Crippen LogP contribution in [0.25, 0.3) is 5.69 Å². The lowest BCUT2D eigenvalue weighted by Crippen LogP contribution is -2.29. The molecule has 0 saturated heterocycles. The molecule has 0 bridgehead atoms. The zero-order chi connectivity index (χ0) is 26.2. The van der Waals surface area contributed by atoms with E-state index in [1.54, 1.807) is 7.11 Å². The van der Waals surface area contributed by atoms with Crippen LogP contribution in [-0.4, -0.2) is 73.0 Å². The maximum Gasteiger partial charge on any atom is 0.222 e. The van der Waals surface area contributed by atoms with Gasteiger partial charge in [-0.1, -0.05) is 23.7 Å². The summed E-state index contributed by atoms with van der Waals surface area (Å²) in [5, 5.41) is 12.2. The van der Waals surface area contributed by atoms with Gasteiger partial charge in [0.2, 0.25) is 5.91 Å². The van der Waals surface area contributed by atoms with Crippen molar-refractivity contribution in [2.24, 2.45) is 10.7 Å². The predicted molar refractivity (Wildman–Crippen MR) is 141 cm³/mol. The van der Waals surface area contributed by atoms with Crippen molar-refractivity contribution in [2.75, 3.05) is 46.6 Å². The third-order valence-corrected chi connectivity index (χ3v) is 6.08. The molecule has 0 fully saturated rings. The molecule has 0 aliphatic carbocycles. The molecular formula is C26H31ClN6O4. The summed E-state index contributed by atoms with van der Waals surface area (Å²) in [6.07, 6.45) is 0.0972. The van der Waals surface area contributed by atoms with Gasteiger partial charge in [-0.05, 0) is 37.3 Å². The van der Waals surface area contributed by atoms with Crippen LogP contribution in [0.5, 0.6) is 5.75 Å². The van der Waals surface area contributed by atoms with Crippen molar-refractivity contribution in [3.63, 3.8) is 0 Å². The molecule has 11 heteroatoms. The van der Waals surface area contributed by atoms with Crippen LogP contribution in [0.3, 0.4) is 0 Å². The molecule has 1 aliphatic rings. The largest absolute Gasteiger partial charge is 0.497 e. The van der Waals surface area contributed by atoms with Crippen molar-refractivity contribution in [1.82, 2.24) is 20.1 Å². The quantitative estimate of drug-likeness (QED) is 0.347. The topological polar surface area (TPSA) is 126 Å². The van der Waals surface area contributed by atoms with E-state index in [9.17, 15) is 4.79 Å². The van der Waals surface area contributed by atoms with Crippen molar-refractivity contribution in [1.29, 1.82) is 0 Å². The molecule has 1 amide bonds. The maximum atomic E-state index is 12.9. The molecule has 0 saturated carbocycles. The number of methoxy groups -OCH3 is 1. The number of ether oxygens (including phenoxy) is 3. The van der Waals surface area contributed by atoms with Crippen molar-refractivity contribution >= 4 is 23.2 Å². The zero-order valence-corrected chi connectivity index (χ0v) is 21.7. The van der Waals surface area contributed by atoms with Gasteiger partial charge in [-0.25, -0.2) is 0 Å². The van der Waals surface area contributed by atoms with Gasteiger partial charge in [0.15, 0.2) is 5.82 Å². The third-order valence-electron chi connectivity index (χ3n) is 5.83. The van der Waals surface area contributed by atoms with Crippen LogP contribution in [0.15, 0.2) is 47.5 Å². The molecule has 10 nitrogen and oxygen atoms in total. The fraction of sp³-hybridized carbons (Fsp3) is 0.385. The van der Waals surface area contributed by atoms with Gasteiger partial charge in [-0.3, -0.25) is 14.4 Å². The lowest BCUT2D eigenvalue weighted by Gasteiger charge is -2.14. The minimum Gasteiger partial charge on any atom is -0.497 e. The van der Waals surface area contributed by atoms with E-state index in [1.165, 1.54) is 0 Å². The summed E-state index contributed by atoms with van der Waals surface area (Å²) in [7, 11) is 1.62. The van der Waals surface area contributed by atoms with E-state index < -0.39 is 6.04 Å². The standard InChI is InChI=1S/C26H31ClN6O4/c1-17-31-32-26-22(16-24(34)29-10-12-37-14-13-36-11-9-28)30-25(18-3-5-19(27)6-4-18)21-15-20(35-2)7-8-23(21)33(17)26/h3-8,15,22H,9-14,16,28H2,1-2H3,(H,29,34). The SMILES string of the molecule is COc1ccc2c(c1)C(c1ccc(Cl)cc1)=NC(CC(=O)NCCOCCOCCN)c1nnc(C)n1-2. The van der Waals surface area contributed by atoms with E-state index in [2.05, 4.69) is 15.5 Å². The van der Waals surface area contributed by atoms with E-state index in [-0.39, 0.29) is 12.3 Å². The summed E-state index contributed by atoms with van der Waals surface area (Å²) in [5.74, 6) is 1.82. The number of aryl methyl sites for hydroxylation is 1. The molecule has 2 aromatic carbocycles. The van der Waals surface area contributed by atoms with Gasteiger partial charge in [0, 0.05) is 29.2 Å². The van der Waals surface area contributed by atoms with Crippen LogP contribution in [0, 0.1) is 6.92 Å². The van der Waals surface area contributed by atoms with E-state index in [1.807, 2.05) is 54.0 Å². The molecule has 0 spiro atoms. The lowest BCUT2D eigenvalue weighted by atomic mass is 10.00. The van der Waals surface area contributed by atoms with Crippen LogP contribution in [-0.2, 0) is 14.3 Å². The van der Waals surface area contributed by atoms with Gasteiger partial charge in [0.05, 0.1) is 51.4 Å². The van der Waals surface area contributed by atoms with Gasteiger partial charge in [0.25, 0.3) is 0 Å². The number of halogens is 1. The fourth-order valence-electron chi connectivity index (χ4n) is 4.09. The first kappa shape index (κ1) is 26.7. The molecule has 37 heavy (non-hydrogen) atoms. The number of rotatable bonds is 12. The van der Waals surface area contributed by atoms with E-state index in [0.29, 0.717) is 67.6 Å². The molecule has 3 N–H and O–H groups in total. The van der Waals surface area contributed by atoms with E-state index in [0.717, 1.165) is 16.8 Å². The molecule has 2 heterocycles. The van der Waals surface area contributed by atoms with Gasteiger partial charge < -0.3 is 25.3 Å². The number of nitrogens with zero attached hydrogens (tertiary/aromatic N) is 4. The summed E-state index contributed by atoms with van der Waals surface area (Å²) in [6.45, 7) is 4.52. The number of fused-ring (bicyclic) bond motifs is 3. The number of nitrogens with one attached hydrogen (secondary N) is 1. The zero-order valence-electron chi connectivity index (χ0n) is 20.9. The molecular weight excluding hydrogens is 496 g/mol. The first-order chi connectivity index (χ1) is 18.0. The minimum absolute atomic E-state index is 0.0972. The monoisotopic (exact) mass is 526 g/mol. The molecule has 196 valence electrons. The number of hydrogen-bond acceptors (Lipinski definition) is 8. The second-order valence-electron chi connectivity index (χ2n) is 8.39. The Morgan fingerprint density at radius 2 is 1.84 bits per heavy atom. The van der Waals surface area contributed by atoms with Crippen LogP contribution in [0.4, 0.5) is 0 Å². The normalized spacial score (nSPS) is 14.4. The third kappa shape index (κ3) is 6.53. The highest BCUT2D eigenvalue weighted by Crippen LogP contribution is 2.34. The number of aromatic nitrogens is 3. The van der Waals surface area contributed by atoms with Gasteiger partial charge in [-0.15, -0.1) is 10.2 Å². The van der Waals surface area contributed by atoms with E-state index in [4.69, 9.17) is 36.5 Å². The Balaban J connectivity index is 1.58. The fourth-order valence-corrected chi connectivity index (χ4v) is 4.22. The number of hydrogen-bond donors (Lipinski definition) is 2. The molecule has 1 aliphatic heterocycles. The number of carbonyl (C=O) groups excluding carboxylic acids is 1. The number of nitrogens with two attached hydrogens (primary N) is 1. The Bertz CT molecular complexity index is 1240. The Morgan fingerprint density at radius 3 is 2.57 bits per heavy atom. The van der Waals surface area contributed by atoms with Crippen LogP contribution < -0.4 is 15.8 Å². The summed E-state index contributed by atoms with van der Waals surface area (Å²) in [6, 6.07) is 12.7. The maximum absolute atomic E-state index is 12.9. The lowest BCUT2D eigenvalue weighted by molar-refractivity contribution is -0.121. The van der Waals surface area contributed by atoms with Crippen molar-refractivity contribution < 1.29 is 19.0 Å². The average Bonchev–Trinajstić information content (AvgIpc) is 3.23. The second kappa shape index (κ2) is 12.8. The van der Waals surface area contributed by atoms with Crippen molar-refractivity contribution in [2.45, 2.75) is 19.4 Å². The first-order valence-electron chi connectivity index (χ1n) is 12.1. The molecule has 1 atom stereocenters. The van der Waals surface area contributed by atoms with Gasteiger partial charge in [0.1, 0.15) is 17.6 Å². The Morgan fingerprint density at radius 1 is 1.08 bits per heavy atom. The smallest absolute Gasteiger partial charge is 0.222 e. The van der Waals surface area contributed by atoms with Crippen LogP contribution in [0.2, 0.25) is 5.02 Å². The molecule has 3 aromatic rings. The summed E-state index contributed by atoms with van der Waals surface area (Å²) in [4.78, 5) is 18.0. The highest BCUT2D eigenvalue weighted by molar-refractivity contribution is 6.30. The molecule has 0 radical (unpaired) electrons. The van der Waals surface area contributed by atoms with Crippen LogP contribution >= 0.6 is 11.6 Å². The van der Waals surface area contributed by atoms with Gasteiger partial charge in [-0.2, -0.15) is 0 Å². The molecule has 1 aromatic heterocycles. The summed E-state index contributed by atoms with van der Waals surface area (Å²) in [5.41, 5.74) is 8.68. The van der Waals surface area contributed by atoms with Crippen molar-refractivity contribution in [3.8, 4) is 11.4 Å². The predicted octanol–water partition coefficient (Wildman–Crippen LogP) is 2.63. The van der Waals surface area contributed by atoms with Gasteiger partial charge >= 0.3 is 0 Å². The number of carbonyl (C=O) groups is 1. The number of amides is 1. The Kier molecular flexibility index (Phi) is 9.24. The summed E-state index contributed by atoms with van der Waals surface area (Å²) < 4.78 is 18.2. The Labute approximate surface area is 220 Å². The molecule has 1 unspecified atom stereocenters. The summed E-state index contributed by atoms with van der Waals surface area (Å²) >= 11 is 6.15. The number of benzene rings is 2.